The van der Waals surface area contributed by atoms with Gasteiger partial charge in [-0.05, 0) is 30.0 Å². The molecule has 1 aromatic carbocycles. The van der Waals surface area contributed by atoms with E-state index in [-0.39, 0.29) is 18.4 Å². The lowest BCUT2D eigenvalue weighted by atomic mass is 10.0. The molecule has 6 heteroatoms. The van der Waals surface area contributed by atoms with Crippen molar-refractivity contribution in [3.63, 3.8) is 0 Å². The van der Waals surface area contributed by atoms with E-state index in [1.165, 1.54) is 11.1 Å². The Balaban J connectivity index is 0.00000108. The number of nitrogens with two attached hydrogens (primary N) is 1. The zero-order valence-corrected chi connectivity index (χ0v) is 9.79. The normalized spacial score (nSPS) is 17.6. The van der Waals surface area contributed by atoms with Crippen molar-refractivity contribution in [2.24, 2.45) is 5.73 Å². The van der Waals surface area contributed by atoms with Crippen molar-refractivity contribution in [2.75, 3.05) is 0 Å². The molecule has 0 amide bonds. The predicted molar refractivity (Wildman–Crippen MR) is 65.1 cm³/mol. The summed E-state index contributed by atoms with van der Waals surface area (Å²) in [5.74, 6) is -0.0690. The summed E-state index contributed by atoms with van der Waals surface area (Å²) in [6.07, 6.45) is 1.96. The zero-order valence-electron chi connectivity index (χ0n) is 8.97. The molecule has 1 aliphatic rings. The van der Waals surface area contributed by atoms with Gasteiger partial charge in [-0.1, -0.05) is 17.3 Å². The third-order valence-corrected chi connectivity index (χ3v) is 2.98. The summed E-state index contributed by atoms with van der Waals surface area (Å²) in [5.41, 5.74) is 9.23. The molecule has 90 valence electrons. The number of aromatic amines is 1. The highest BCUT2D eigenvalue weighted by atomic mass is 35.5. The van der Waals surface area contributed by atoms with E-state index in [1.54, 1.807) is 0 Å². The van der Waals surface area contributed by atoms with Gasteiger partial charge < -0.3 is 5.73 Å². The van der Waals surface area contributed by atoms with Crippen molar-refractivity contribution in [3.8, 4) is 11.4 Å². The molecule has 0 radical (unpaired) electrons. The molecule has 0 unspecified atom stereocenters. The van der Waals surface area contributed by atoms with Crippen molar-refractivity contribution >= 4 is 12.4 Å². The lowest BCUT2D eigenvalue weighted by Gasteiger charge is -2.04. The van der Waals surface area contributed by atoms with E-state index in [4.69, 9.17) is 5.73 Å². The number of benzene rings is 1. The summed E-state index contributed by atoms with van der Waals surface area (Å²) in [6.45, 7) is 0. The highest BCUT2D eigenvalue weighted by Gasteiger charge is 2.19. The highest BCUT2D eigenvalue weighted by Crippen LogP contribution is 2.31. The van der Waals surface area contributed by atoms with Gasteiger partial charge in [-0.2, -0.15) is 0 Å². The van der Waals surface area contributed by atoms with Crippen LogP contribution in [0.2, 0.25) is 0 Å². The second-order valence-electron chi connectivity index (χ2n) is 4.00. The summed E-state index contributed by atoms with van der Waals surface area (Å²) < 4.78 is 4.47. The van der Waals surface area contributed by atoms with Gasteiger partial charge in [-0.3, -0.25) is 9.51 Å². The summed E-state index contributed by atoms with van der Waals surface area (Å²) in [7, 11) is 0. The number of nitrogens with one attached hydrogen (secondary N) is 1. The van der Waals surface area contributed by atoms with E-state index in [9.17, 15) is 4.79 Å². The molecule has 3 rings (SSSR count). The minimum atomic E-state index is -0.535. The summed E-state index contributed by atoms with van der Waals surface area (Å²) in [4.78, 5) is 13.4. The van der Waals surface area contributed by atoms with Gasteiger partial charge in [0.05, 0.1) is 0 Å². The minimum absolute atomic E-state index is 0. The molecule has 1 aromatic heterocycles. The van der Waals surface area contributed by atoms with Crippen LogP contribution in [0.15, 0.2) is 27.5 Å². The Bertz CT molecular complexity index is 590. The number of aromatic nitrogens is 2. The van der Waals surface area contributed by atoms with E-state index in [0.29, 0.717) is 5.82 Å². The maximum absolute atomic E-state index is 10.8. The Kier molecular flexibility index (Phi) is 3.04. The third kappa shape index (κ3) is 1.99. The van der Waals surface area contributed by atoms with Gasteiger partial charge in [-0.25, -0.2) is 4.79 Å². The van der Waals surface area contributed by atoms with E-state index < -0.39 is 5.76 Å². The zero-order chi connectivity index (χ0) is 11.1. The van der Waals surface area contributed by atoms with Crippen LogP contribution in [0.1, 0.15) is 23.6 Å². The average molecular weight is 254 g/mol. The van der Waals surface area contributed by atoms with Crippen molar-refractivity contribution < 1.29 is 4.52 Å². The smallest absolute Gasteiger partial charge is 0.324 e. The molecule has 0 aliphatic heterocycles. The quantitative estimate of drug-likeness (QED) is 0.804. The molecule has 1 aliphatic carbocycles. The largest absolute Gasteiger partial charge is 0.439 e. The maximum atomic E-state index is 10.8. The number of H-pyrrole nitrogens is 1. The molecular formula is C11H12ClN3O2. The number of halogens is 1. The van der Waals surface area contributed by atoms with Gasteiger partial charge in [0.15, 0.2) is 5.82 Å². The third-order valence-electron chi connectivity index (χ3n) is 2.98. The van der Waals surface area contributed by atoms with Gasteiger partial charge in [0.25, 0.3) is 0 Å². The van der Waals surface area contributed by atoms with Gasteiger partial charge in [0.1, 0.15) is 0 Å². The first kappa shape index (κ1) is 11.9. The lowest BCUT2D eigenvalue weighted by molar-refractivity contribution is 0.388. The number of aryl methyl sites for hydroxylation is 1. The number of rotatable bonds is 1. The molecule has 17 heavy (non-hydrogen) atoms. The van der Waals surface area contributed by atoms with Crippen molar-refractivity contribution in [1.82, 2.24) is 10.1 Å². The molecule has 1 atom stereocenters. The fourth-order valence-corrected chi connectivity index (χ4v) is 2.15. The first-order chi connectivity index (χ1) is 7.74. The maximum Gasteiger partial charge on any atom is 0.439 e. The van der Waals surface area contributed by atoms with Crippen LogP contribution in [0, 0.1) is 0 Å². The van der Waals surface area contributed by atoms with Crippen molar-refractivity contribution in [3.05, 3.63) is 39.9 Å². The molecule has 0 bridgehead atoms. The molecule has 3 N–H and O–H groups in total. The van der Waals surface area contributed by atoms with Gasteiger partial charge in [0, 0.05) is 11.6 Å². The Morgan fingerprint density at radius 3 is 3.00 bits per heavy atom. The molecule has 0 saturated heterocycles. The lowest BCUT2D eigenvalue weighted by Crippen LogP contribution is -2.04. The molecule has 5 nitrogen and oxygen atoms in total. The van der Waals surface area contributed by atoms with E-state index >= 15 is 0 Å². The number of hydrogen-bond acceptors (Lipinski definition) is 4. The molecule has 0 saturated carbocycles. The Labute approximate surface area is 103 Å². The van der Waals surface area contributed by atoms with Crippen LogP contribution in [0.4, 0.5) is 0 Å². The first-order valence-electron chi connectivity index (χ1n) is 5.19. The van der Waals surface area contributed by atoms with Crippen LogP contribution in [-0.2, 0) is 6.42 Å². The average Bonchev–Trinajstić information content (AvgIpc) is 2.86. The van der Waals surface area contributed by atoms with Crippen LogP contribution in [0.3, 0.4) is 0 Å². The summed E-state index contributed by atoms with van der Waals surface area (Å²) in [5, 5.41) is 3.66. The topological polar surface area (TPSA) is 84.9 Å². The Hall–Kier alpha value is -1.59. The first-order valence-corrected chi connectivity index (χ1v) is 5.19. The predicted octanol–water partition coefficient (Wildman–Crippen LogP) is 1.40. The van der Waals surface area contributed by atoms with Crippen LogP contribution >= 0.6 is 12.4 Å². The summed E-state index contributed by atoms with van der Waals surface area (Å²) in [6, 6.07) is 6.05. The Morgan fingerprint density at radius 1 is 1.47 bits per heavy atom. The molecule has 2 aromatic rings. The molecular weight excluding hydrogens is 242 g/mol. The summed E-state index contributed by atoms with van der Waals surface area (Å²) >= 11 is 0. The fourth-order valence-electron chi connectivity index (χ4n) is 2.15. The fraction of sp³-hybridized carbons (Fsp3) is 0.273. The minimum Gasteiger partial charge on any atom is -0.324 e. The monoisotopic (exact) mass is 253 g/mol. The van der Waals surface area contributed by atoms with Crippen LogP contribution in [0.25, 0.3) is 11.4 Å². The second kappa shape index (κ2) is 4.35. The van der Waals surface area contributed by atoms with Gasteiger partial charge in [0.2, 0.25) is 0 Å². The standard InChI is InChI=1S/C11H11N3O2.ClH/c12-9-4-2-6-5-7(1-3-8(6)9)10-13-11(15)16-14-10;/h1,3,5,9H,2,4,12H2,(H,13,14,15);1H/t9-;/m0./s1. The van der Waals surface area contributed by atoms with Crippen LogP contribution < -0.4 is 11.5 Å². The SMILES string of the molecule is Cl.N[C@H]1CCc2cc(-c3noc(=O)[nH]3)ccc21. The van der Waals surface area contributed by atoms with Gasteiger partial charge >= 0.3 is 5.76 Å². The molecule has 1 heterocycles. The van der Waals surface area contributed by atoms with E-state index in [0.717, 1.165) is 18.4 Å². The van der Waals surface area contributed by atoms with Gasteiger partial charge in [-0.15, -0.1) is 12.4 Å². The number of fused-ring (bicyclic) bond motifs is 1. The van der Waals surface area contributed by atoms with Crippen LogP contribution in [0.5, 0.6) is 0 Å². The molecule has 0 spiro atoms. The second-order valence-corrected chi connectivity index (χ2v) is 4.00. The molecule has 0 fully saturated rings. The Morgan fingerprint density at radius 2 is 2.29 bits per heavy atom. The van der Waals surface area contributed by atoms with Crippen molar-refractivity contribution in [2.45, 2.75) is 18.9 Å². The van der Waals surface area contributed by atoms with E-state index in [1.807, 2.05) is 18.2 Å². The highest BCUT2D eigenvalue weighted by molar-refractivity contribution is 5.85. The number of nitrogens with zero attached hydrogens (tertiary/aromatic N) is 1. The number of hydrogen-bond donors (Lipinski definition) is 2. The van der Waals surface area contributed by atoms with E-state index in [2.05, 4.69) is 14.7 Å². The van der Waals surface area contributed by atoms with Crippen LogP contribution in [-0.4, -0.2) is 10.1 Å². The van der Waals surface area contributed by atoms with Crippen molar-refractivity contribution in [1.29, 1.82) is 0 Å².